The van der Waals surface area contributed by atoms with Gasteiger partial charge in [0.1, 0.15) is 6.04 Å². The van der Waals surface area contributed by atoms with Crippen LogP contribution < -0.4 is 10.6 Å². The normalized spacial score (nSPS) is 16.5. The first-order valence-corrected chi connectivity index (χ1v) is 7.76. The number of amides is 1. The zero-order valence-corrected chi connectivity index (χ0v) is 13.1. The molecule has 0 aliphatic carbocycles. The zero-order valence-electron chi connectivity index (χ0n) is 13.1. The maximum absolute atomic E-state index is 12.5. The number of imidazole rings is 1. The number of benzene rings is 2. The summed E-state index contributed by atoms with van der Waals surface area (Å²) in [5, 5.41) is 5.90. The number of nitrogens with zero attached hydrogens (tertiary/aromatic N) is 2. The molecule has 0 spiro atoms. The van der Waals surface area contributed by atoms with E-state index in [1.165, 1.54) is 4.57 Å². The average molecular weight is 320 g/mol. The maximum Gasteiger partial charge on any atom is 0.247 e. The van der Waals surface area contributed by atoms with Crippen molar-refractivity contribution in [3.05, 3.63) is 54.1 Å². The molecule has 2 heterocycles. The smallest absolute Gasteiger partial charge is 0.247 e. The summed E-state index contributed by atoms with van der Waals surface area (Å²) in [6.07, 6.45) is 0.0883. The Hall–Kier alpha value is -3.15. The van der Waals surface area contributed by atoms with Crippen LogP contribution in [0.25, 0.3) is 11.0 Å². The number of nitrogens with one attached hydrogen (secondary N) is 2. The Bertz CT molecular complexity index is 943. The van der Waals surface area contributed by atoms with Crippen LogP contribution in [-0.4, -0.2) is 27.4 Å². The van der Waals surface area contributed by atoms with Crippen molar-refractivity contribution in [2.24, 2.45) is 0 Å². The van der Waals surface area contributed by atoms with E-state index in [1.54, 1.807) is 0 Å². The van der Waals surface area contributed by atoms with Gasteiger partial charge in [-0.25, -0.2) is 9.55 Å². The summed E-state index contributed by atoms with van der Waals surface area (Å²) in [4.78, 5) is 29.3. The van der Waals surface area contributed by atoms with E-state index in [9.17, 15) is 9.59 Å². The third kappa shape index (κ3) is 2.42. The molecule has 0 saturated carbocycles. The maximum atomic E-state index is 12.5. The molecule has 2 N–H and O–H groups in total. The number of hydrogen-bond acceptors (Lipinski definition) is 4. The van der Waals surface area contributed by atoms with Gasteiger partial charge >= 0.3 is 0 Å². The minimum absolute atomic E-state index is 0.0883. The van der Waals surface area contributed by atoms with E-state index in [1.807, 2.05) is 55.5 Å². The van der Waals surface area contributed by atoms with Crippen LogP contribution in [0.5, 0.6) is 0 Å². The molecule has 6 nitrogen and oxygen atoms in total. The van der Waals surface area contributed by atoms with Crippen LogP contribution in [0, 0.1) is 6.92 Å². The monoisotopic (exact) mass is 320 g/mol. The van der Waals surface area contributed by atoms with E-state index in [4.69, 9.17) is 0 Å². The molecule has 1 aliphatic heterocycles. The molecule has 0 bridgehead atoms. The van der Waals surface area contributed by atoms with Crippen LogP contribution in [0.3, 0.4) is 0 Å². The number of aromatic nitrogens is 2. The zero-order chi connectivity index (χ0) is 16.7. The number of carbonyl (C=O) groups is 2. The second-order valence-electron chi connectivity index (χ2n) is 5.91. The molecule has 1 atom stereocenters. The highest BCUT2D eigenvalue weighted by Gasteiger charge is 2.31. The van der Waals surface area contributed by atoms with Crippen molar-refractivity contribution in [2.75, 3.05) is 10.6 Å². The lowest BCUT2D eigenvalue weighted by atomic mass is 10.1. The lowest BCUT2D eigenvalue weighted by molar-refractivity contribution is -0.117. The molecule has 1 amide bonds. The third-order valence-corrected chi connectivity index (χ3v) is 4.13. The van der Waals surface area contributed by atoms with Crippen molar-refractivity contribution in [2.45, 2.75) is 19.4 Å². The minimum Gasteiger partial charge on any atom is -0.343 e. The number of rotatable bonds is 2. The van der Waals surface area contributed by atoms with Crippen molar-refractivity contribution in [3.63, 3.8) is 0 Å². The van der Waals surface area contributed by atoms with Crippen molar-refractivity contribution < 1.29 is 9.59 Å². The molecule has 2 aromatic carbocycles. The van der Waals surface area contributed by atoms with Crippen molar-refractivity contribution in [3.8, 4) is 0 Å². The predicted octanol–water partition coefficient (Wildman–Crippen LogP) is 2.81. The van der Waals surface area contributed by atoms with E-state index in [2.05, 4.69) is 15.6 Å². The number of para-hydroxylation sites is 2. The first-order chi connectivity index (χ1) is 11.6. The number of anilines is 2. The lowest BCUT2D eigenvalue weighted by Crippen LogP contribution is -2.42. The van der Waals surface area contributed by atoms with Crippen LogP contribution in [0.1, 0.15) is 16.8 Å². The van der Waals surface area contributed by atoms with Crippen molar-refractivity contribution >= 4 is 34.5 Å². The van der Waals surface area contributed by atoms with Gasteiger partial charge in [0, 0.05) is 5.69 Å². The molecular formula is C18H16N4O2. The molecule has 1 aromatic heterocycles. The van der Waals surface area contributed by atoms with Gasteiger partial charge in [-0.1, -0.05) is 29.8 Å². The molecule has 3 aromatic rings. The second kappa shape index (κ2) is 5.49. The molecule has 24 heavy (non-hydrogen) atoms. The Kier molecular flexibility index (Phi) is 3.30. The lowest BCUT2D eigenvalue weighted by Gasteiger charge is -2.23. The fraction of sp³-hybridized carbons (Fsp3) is 0.167. The Morgan fingerprint density at radius 2 is 1.96 bits per heavy atom. The van der Waals surface area contributed by atoms with Gasteiger partial charge in [0.05, 0.1) is 17.5 Å². The van der Waals surface area contributed by atoms with E-state index in [-0.39, 0.29) is 18.2 Å². The van der Waals surface area contributed by atoms with Gasteiger partial charge in [-0.2, -0.15) is 0 Å². The molecule has 0 unspecified atom stereocenters. The van der Waals surface area contributed by atoms with Gasteiger partial charge in [-0.05, 0) is 31.2 Å². The first kappa shape index (κ1) is 14.4. The highest BCUT2D eigenvalue weighted by molar-refractivity contribution is 6.04. The Balaban J connectivity index is 1.59. The summed E-state index contributed by atoms with van der Waals surface area (Å²) in [5.74, 6) is 0.0310. The number of hydrogen-bond donors (Lipinski definition) is 2. The Morgan fingerprint density at radius 1 is 1.21 bits per heavy atom. The fourth-order valence-corrected chi connectivity index (χ4v) is 2.87. The molecular weight excluding hydrogens is 304 g/mol. The van der Waals surface area contributed by atoms with E-state index in [0.717, 1.165) is 16.6 Å². The summed E-state index contributed by atoms with van der Waals surface area (Å²) in [7, 11) is 0. The molecule has 4 rings (SSSR count). The Labute approximate surface area is 138 Å². The molecule has 0 saturated heterocycles. The highest BCUT2D eigenvalue weighted by atomic mass is 16.2. The van der Waals surface area contributed by atoms with Crippen LogP contribution in [0.15, 0.2) is 48.5 Å². The summed E-state index contributed by atoms with van der Waals surface area (Å²) < 4.78 is 1.53. The van der Waals surface area contributed by atoms with Gasteiger partial charge in [-0.3, -0.25) is 9.59 Å². The minimum atomic E-state index is -0.636. The topological polar surface area (TPSA) is 76.0 Å². The molecule has 1 aliphatic rings. The summed E-state index contributed by atoms with van der Waals surface area (Å²) >= 11 is 0. The van der Waals surface area contributed by atoms with Crippen molar-refractivity contribution in [1.29, 1.82) is 0 Å². The highest BCUT2D eigenvalue weighted by Crippen LogP contribution is 2.25. The molecule has 0 fully saturated rings. The van der Waals surface area contributed by atoms with Crippen LogP contribution >= 0.6 is 0 Å². The predicted molar refractivity (Wildman–Crippen MR) is 92.2 cm³/mol. The first-order valence-electron chi connectivity index (χ1n) is 7.76. The Morgan fingerprint density at radius 3 is 2.75 bits per heavy atom. The van der Waals surface area contributed by atoms with Crippen LogP contribution in [0.2, 0.25) is 0 Å². The number of carbonyl (C=O) groups excluding carboxylic acids is 2. The SMILES string of the molecule is Cc1ccc(NC(=O)[C@H]2CC(=O)n3c(nc4ccccc43)N2)cc1. The summed E-state index contributed by atoms with van der Waals surface area (Å²) in [6, 6.07) is 14.3. The van der Waals surface area contributed by atoms with Gasteiger partial charge in [0.2, 0.25) is 17.8 Å². The van der Waals surface area contributed by atoms with Gasteiger partial charge in [-0.15, -0.1) is 0 Å². The third-order valence-electron chi connectivity index (χ3n) is 4.13. The van der Waals surface area contributed by atoms with E-state index >= 15 is 0 Å². The van der Waals surface area contributed by atoms with Gasteiger partial charge < -0.3 is 10.6 Å². The number of aryl methyl sites for hydroxylation is 1. The van der Waals surface area contributed by atoms with Crippen molar-refractivity contribution in [1.82, 2.24) is 9.55 Å². The van der Waals surface area contributed by atoms with E-state index in [0.29, 0.717) is 11.6 Å². The molecule has 120 valence electrons. The van der Waals surface area contributed by atoms with E-state index < -0.39 is 6.04 Å². The van der Waals surface area contributed by atoms with Gasteiger partial charge in [0.15, 0.2) is 0 Å². The summed E-state index contributed by atoms with van der Waals surface area (Å²) in [6.45, 7) is 1.98. The summed E-state index contributed by atoms with van der Waals surface area (Å²) in [5.41, 5.74) is 3.31. The van der Waals surface area contributed by atoms with Crippen LogP contribution in [0.4, 0.5) is 11.6 Å². The quantitative estimate of drug-likeness (QED) is 0.761. The average Bonchev–Trinajstić information content (AvgIpc) is 2.95. The molecule has 0 radical (unpaired) electrons. The standard InChI is InChI=1S/C18H16N4O2/c1-11-6-8-12(9-7-11)19-17(24)14-10-16(23)22-15-5-3-2-4-13(15)20-18(22)21-14/h2-9,14H,10H2,1H3,(H,19,24)(H,20,21)/t14-/m1/s1. The van der Waals surface area contributed by atoms with Gasteiger partial charge in [0.25, 0.3) is 0 Å². The largest absolute Gasteiger partial charge is 0.343 e. The fourth-order valence-electron chi connectivity index (χ4n) is 2.87. The number of fused-ring (bicyclic) bond motifs is 3. The molecule has 6 heteroatoms. The van der Waals surface area contributed by atoms with Crippen LogP contribution in [-0.2, 0) is 4.79 Å². The second-order valence-corrected chi connectivity index (χ2v) is 5.91.